The molecule has 1 fully saturated rings. The number of alkyl halides is 3. The van der Waals surface area contributed by atoms with E-state index in [1.165, 1.54) is 12.4 Å². The van der Waals surface area contributed by atoms with Gasteiger partial charge in [0, 0.05) is 37.1 Å². The van der Waals surface area contributed by atoms with Gasteiger partial charge in [-0.3, -0.25) is 4.98 Å². The Kier molecular flexibility index (Phi) is 4.19. The summed E-state index contributed by atoms with van der Waals surface area (Å²) in [7, 11) is 0. The molecule has 0 aromatic carbocycles. The Morgan fingerprint density at radius 2 is 1.83 bits per heavy atom. The van der Waals surface area contributed by atoms with Crippen LogP contribution in [0.4, 0.5) is 19.0 Å². The lowest BCUT2D eigenvalue weighted by atomic mass is 9.84. The Labute approximate surface area is 138 Å². The molecule has 0 unspecified atom stereocenters. The molecule has 128 valence electrons. The first-order valence-corrected chi connectivity index (χ1v) is 7.86. The summed E-state index contributed by atoms with van der Waals surface area (Å²) in [6.45, 7) is 5.62. The third kappa shape index (κ3) is 3.66. The molecule has 3 heterocycles. The number of anilines is 1. The molecule has 0 radical (unpaired) electrons. The van der Waals surface area contributed by atoms with Gasteiger partial charge in [0.2, 0.25) is 0 Å². The lowest BCUT2D eigenvalue weighted by Gasteiger charge is -2.38. The van der Waals surface area contributed by atoms with Crippen molar-refractivity contribution in [3.8, 4) is 11.4 Å². The number of piperidine rings is 1. The second-order valence-corrected chi connectivity index (χ2v) is 6.86. The molecule has 3 rings (SSSR count). The molecule has 7 heteroatoms. The van der Waals surface area contributed by atoms with E-state index in [0.717, 1.165) is 18.9 Å². The van der Waals surface area contributed by atoms with E-state index >= 15 is 0 Å². The number of halogens is 3. The van der Waals surface area contributed by atoms with Gasteiger partial charge in [-0.2, -0.15) is 13.2 Å². The smallest absolute Gasteiger partial charge is 0.356 e. The van der Waals surface area contributed by atoms with Crippen LogP contribution < -0.4 is 4.90 Å². The van der Waals surface area contributed by atoms with Crippen LogP contribution in [0.15, 0.2) is 30.6 Å². The van der Waals surface area contributed by atoms with Crippen molar-refractivity contribution >= 4 is 5.82 Å². The van der Waals surface area contributed by atoms with E-state index < -0.39 is 11.9 Å². The van der Waals surface area contributed by atoms with Crippen LogP contribution in [0.3, 0.4) is 0 Å². The van der Waals surface area contributed by atoms with Crippen LogP contribution in [0.1, 0.15) is 32.4 Å². The number of nitrogens with zero attached hydrogens (tertiary/aromatic N) is 4. The highest BCUT2D eigenvalue weighted by Crippen LogP contribution is 2.35. The van der Waals surface area contributed by atoms with Crippen LogP contribution >= 0.6 is 0 Å². The van der Waals surface area contributed by atoms with Gasteiger partial charge in [-0.1, -0.05) is 13.8 Å². The zero-order chi connectivity index (χ0) is 17.4. The summed E-state index contributed by atoms with van der Waals surface area (Å²) >= 11 is 0. The Morgan fingerprint density at radius 3 is 2.46 bits per heavy atom. The average molecular weight is 336 g/mol. The molecule has 0 bridgehead atoms. The lowest BCUT2D eigenvalue weighted by Crippen LogP contribution is -2.40. The second kappa shape index (κ2) is 6.03. The van der Waals surface area contributed by atoms with Crippen molar-refractivity contribution in [3.63, 3.8) is 0 Å². The second-order valence-electron chi connectivity index (χ2n) is 6.86. The summed E-state index contributed by atoms with van der Waals surface area (Å²) in [6, 6.07) is 4.27. The molecule has 0 saturated carbocycles. The van der Waals surface area contributed by atoms with Crippen molar-refractivity contribution in [2.45, 2.75) is 32.9 Å². The number of rotatable bonds is 2. The van der Waals surface area contributed by atoms with Gasteiger partial charge in [0.1, 0.15) is 5.82 Å². The standard InChI is InChI=1S/C17H19F3N4/c1-16(2)6-3-9-24(11-16)14-10-13(17(18,19)20)22-15(23-14)12-4-7-21-8-5-12/h4-5,7-8,10H,3,6,9,11H2,1-2H3. The molecule has 4 nitrogen and oxygen atoms in total. The number of aromatic nitrogens is 3. The first-order valence-electron chi connectivity index (χ1n) is 7.86. The highest BCUT2D eigenvalue weighted by Gasteiger charge is 2.35. The minimum absolute atomic E-state index is 0.0540. The van der Waals surface area contributed by atoms with Gasteiger partial charge in [-0.05, 0) is 30.4 Å². The van der Waals surface area contributed by atoms with Gasteiger partial charge in [0.05, 0.1) is 0 Å². The molecule has 1 aliphatic heterocycles. The van der Waals surface area contributed by atoms with Gasteiger partial charge in [-0.15, -0.1) is 0 Å². The Hall–Kier alpha value is -2.18. The van der Waals surface area contributed by atoms with Crippen molar-refractivity contribution in [1.29, 1.82) is 0 Å². The van der Waals surface area contributed by atoms with E-state index in [4.69, 9.17) is 0 Å². The quantitative estimate of drug-likeness (QED) is 0.825. The number of hydrogen-bond acceptors (Lipinski definition) is 4. The predicted octanol–water partition coefficient (Wildman–Crippen LogP) is 4.18. The van der Waals surface area contributed by atoms with Gasteiger partial charge in [0.25, 0.3) is 0 Å². The van der Waals surface area contributed by atoms with Crippen molar-refractivity contribution in [2.24, 2.45) is 5.41 Å². The van der Waals surface area contributed by atoms with Crippen molar-refractivity contribution in [3.05, 3.63) is 36.3 Å². The lowest BCUT2D eigenvalue weighted by molar-refractivity contribution is -0.141. The molecule has 0 atom stereocenters. The summed E-state index contributed by atoms with van der Waals surface area (Å²) in [4.78, 5) is 13.9. The fraction of sp³-hybridized carbons (Fsp3) is 0.471. The van der Waals surface area contributed by atoms with Gasteiger partial charge in [-0.25, -0.2) is 9.97 Å². The predicted molar refractivity (Wildman–Crippen MR) is 85.5 cm³/mol. The number of hydrogen-bond donors (Lipinski definition) is 0. The number of pyridine rings is 1. The van der Waals surface area contributed by atoms with E-state index in [2.05, 4.69) is 28.8 Å². The van der Waals surface area contributed by atoms with E-state index in [-0.39, 0.29) is 11.2 Å². The molecule has 1 aliphatic rings. The molecule has 1 saturated heterocycles. The maximum atomic E-state index is 13.3. The fourth-order valence-electron chi connectivity index (χ4n) is 2.99. The maximum absolute atomic E-state index is 13.3. The summed E-state index contributed by atoms with van der Waals surface area (Å²) in [6.07, 6.45) is 0.511. The molecule has 0 spiro atoms. The highest BCUT2D eigenvalue weighted by molar-refractivity contribution is 5.57. The SMILES string of the molecule is CC1(C)CCCN(c2cc(C(F)(F)F)nc(-c3ccncc3)n2)C1. The third-order valence-corrected chi connectivity index (χ3v) is 4.17. The monoisotopic (exact) mass is 336 g/mol. The van der Waals surface area contributed by atoms with Gasteiger partial charge >= 0.3 is 6.18 Å². The van der Waals surface area contributed by atoms with E-state index in [1.54, 1.807) is 12.1 Å². The highest BCUT2D eigenvalue weighted by atomic mass is 19.4. The van der Waals surface area contributed by atoms with Gasteiger partial charge in [0.15, 0.2) is 11.5 Å². The van der Waals surface area contributed by atoms with E-state index in [0.29, 0.717) is 24.5 Å². The van der Waals surface area contributed by atoms with Crippen LogP contribution in [0.2, 0.25) is 0 Å². The third-order valence-electron chi connectivity index (χ3n) is 4.17. The zero-order valence-electron chi connectivity index (χ0n) is 13.6. The summed E-state index contributed by atoms with van der Waals surface area (Å²) in [5.41, 5.74) is -0.338. The molecular formula is C17H19F3N4. The fourth-order valence-corrected chi connectivity index (χ4v) is 2.99. The Balaban J connectivity index is 2.05. The molecule has 2 aromatic heterocycles. The first kappa shape index (κ1) is 16.7. The zero-order valence-corrected chi connectivity index (χ0v) is 13.6. The van der Waals surface area contributed by atoms with Crippen LogP contribution in [0.25, 0.3) is 11.4 Å². The normalized spacial score (nSPS) is 17.8. The first-order chi connectivity index (χ1) is 11.2. The maximum Gasteiger partial charge on any atom is 0.433 e. The molecule has 2 aromatic rings. The molecule has 0 amide bonds. The minimum Gasteiger partial charge on any atom is -0.356 e. The van der Waals surface area contributed by atoms with Crippen molar-refractivity contribution in [1.82, 2.24) is 15.0 Å². The van der Waals surface area contributed by atoms with Crippen LogP contribution in [-0.2, 0) is 6.18 Å². The van der Waals surface area contributed by atoms with E-state index in [1.807, 2.05) is 4.90 Å². The summed E-state index contributed by atoms with van der Waals surface area (Å²) in [5, 5.41) is 0. The Bertz CT molecular complexity index is 714. The molecular weight excluding hydrogens is 317 g/mol. The van der Waals surface area contributed by atoms with Crippen LogP contribution in [-0.4, -0.2) is 28.0 Å². The van der Waals surface area contributed by atoms with Crippen LogP contribution in [0, 0.1) is 5.41 Å². The average Bonchev–Trinajstić information content (AvgIpc) is 2.53. The van der Waals surface area contributed by atoms with Gasteiger partial charge < -0.3 is 4.90 Å². The topological polar surface area (TPSA) is 41.9 Å². The molecule has 0 N–H and O–H groups in total. The van der Waals surface area contributed by atoms with Crippen molar-refractivity contribution in [2.75, 3.05) is 18.0 Å². The van der Waals surface area contributed by atoms with E-state index in [9.17, 15) is 13.2 Å². The summed E-state index contributed by atoms with van der Waals surface area (Å²) < 4.78 is 39.8. The molecule has 0 aliphatic carbocycles. The summed E-state index contributed by atoms with van der Waals surface area (Å²) in [5.74, 6) is 0.405. The Morgan fingerprint density at radius 1 is 1.12 bits per heavy atom. The van der Waals surface area contributed by atoms with Crippen molar-refractivity contribution < 1.29 is 13.2 Å². The molecule has 24 heavy (non-hydrogen) atoms. The minimum atomic E-state index is -4.51. The van der Waals surface area contributed by atoms with Crippen LogP contribution in [0.5, 0.6) is 0 Å². The largest absolute Gasteiger partial charge is 0.433 e.